The molecule has 0 bridgehead atoms. The third kappa shape index (κ3) is 2.85. The van der Waals surface area contributed by atoms with Gasteiger partial charge in [0, 0.05) is 11.4 Å². The van der Waals surface area contributed by atoms with E-state index in [0.717, 1.165) is 18.2 Å². The van der Waals surface area contributed by atoms with E-state index >= 15 is 0 Å². The van der Waals surface area contributed by atoms with Gasteiger partial charge in [0.2, 0.25) is 0 Å². The second-order valence-corrected chi connectivity index (χ2v) is 4.04. The Kier molecular flexibility index (Phi) is 3.84. The summed E-state index contributed by atoms with van der Waals surface area (Å²) < 4.78 is 31.8. The van der Waals surface area contributed by atoms with Gasteiger partial charge in [-0.25, -0.2) is 8.78 Å². The summed E-state index contributed by atoms with van der Waals surface area (Å²) in [6, 6.07) is 7.58. The van der Waals surface area contributed by atoms with Crippen LogP contribution >= 0.6 is 0 Å². The lowest BCUT2D eigenvalue weighted by Gasteiger charge is -2.10. The number of rotatable bonds is 3. The molecule has 1 amide bonds. The zero-order valence-electron chi connectivity index (χ0n) is 10.6. The highest BCUT2D eigenvalue weighted by Crippen LogP contribution is 2.23. The predicted octanol–water partition coefficient (Wildman–Crippen LogP) is 2.81. The van der Waals surface area contributed by atoms with Crippen LogP contribution in [0.4, 0.5) is 20.2 Å². The first-order valence-corrected chi connectivity index (χ1v) is 5.71. The molecule has 0 aromatic heterocycles. The molecule has 4 nitrogen and oxygen atoms in total. The second kappa shape index (κ2) is 5.56. The largest absolute Gasteiger partial charge is 0.496 e. The molecule has 2 rings (SSSR count). The molecule has 20 heavy (non-hydrogen) atoms. The standard InChI is InChI=1S/C14H12F2N2O2/c1-20-12-4-2-3-11(16)13(12)14(19)18-10-6-8(15)5-9(17)7-10/h2-7H,17H2,1H3,(H,18,19). The Hall–Kier alpha value is -2.63. The van der Waals surface area contributed by atoms with E-state index in [1.54, 1.807) is 0 Å². The maximum atomic E-state index is 13.7. The third-order valence-corrected chi connectivity index (χ3v) is 2.60. The fourth-order valence-corrected chi connectivity index (χ4v) is 1.77. The highest BCUT2D eigenvalue weighted by atomic mass is 19.1. The Balaban J connectivity index is 2.33. The van der Waals surface area contributed by atoms with Crippen LogP contribution in [0.15, 0.2) is 36.4 Å². The monoisotopic (exact) mass is 278 g/mol. The first-order chi connectivity index (χ1) is 9.51. The Morgan fingerprint density at radius 1 is 1.25 bits per heavy atom. The Morgan fingerprint density at radius 3 is 2.65 bits per heavy atom. The van der Waals surface area contributed by atoms with Crippen molar-refractivity contribution in [3.8, 4) is 5.75 Å². The fraction of sp³-hybridized carbons (Fsp3) is 0.0714. The summed E-state index contributed by atoms with van der Waals surface area (Å²) in [5, 5.41) is 2.38. The molecule has 0 radical (unpaired) electrons. The van der Waals surface area contributed by atoms with Gasteiger partial charge in [-0.1, -0.05) is 6.07 Å². The molecule has 6 heteroatoms. The summed E-state index contributed by atoms with van der Waals surface area (Å²) in [5.74, 6) is -1.98. The quantitative estimate of drug-likeness (QED) is 0.848. The SMILES string of the molecule is COc1cccc(F)c1C(=O)Nc1cc(N)cc(F)c1. The average Bonchev–Trinajstić information content (AvgIpc) is 2.36. The molecule has 0 saturated heterocycles. The van der Waals surface area contributed by atoms with Crippen molar-refractivity contribution in [2.75, 3.05) is 18.2 Å². The van der Waals surface area contributed by atoms with Gasteiger partial charge in [-0.3, -0.25) is 4.79 Å². The van der Waals surface area contributed by atoms with Crippen LogP contribution in [-0.2, 0) is 0 Å². The van der Waals surface area contributed by atoms with Crippen molar-refractivity contribution in [3.63, 3.8) is 0 Å². The van der Waals surface area contributed by atoms with Gasteiger partial charge in [0.15, 0.2) is 0 Å². The van der Waals surface area contributed by atoms with Gasteiger partial charge in [-0.15, -0.1) is 0 Å². The molecule has 0 aliphatic heterocycles. The number of ether oxygens (including phenoxy) is 1. The number of anilines is 2. The molecule has 0 unspecified atom stereocenters. The Morgan fingerprint density at radius 2 is 2.00 bits per heavy atom. The summed E-state index contributed by atoms with van der Waals surface area (Å²) in [6.45, 7) is 0. The van der Waals surface area contributed by atoms with Gasteiger partial charge in [0.25, 0.3) is 5.91 Å². The van der Waals surface area contributed by atoms with Crippen LogP contribution in [0.3, 0.4) is 0 Å². The average molecular weight is 278 g/mol. The van der Waals surface area contributed by atoms with Crippen molar-refractivity contribution >= 4 is 17.3 Å². The molecule has 0 aliphatic carbocycles. The number of benzene rings is 2. The number of hydrogen-bond donors (Lipinski definition) is 2. The summed E-state index contributed by atoms with van der Waals surface area (Å²) in [5.41, 5.74) is 5.51. The molecule has 104 valence electrons. The second-order valence-electron chi connectivity index (χ2n) is 4.04. The lowest BCUT2D eigenvalue weighted by atomic mass is 10.1. The van der Waals surface area contributed by atoms with E-state index in [0.29, 0.717) is 0 Å². The van der Waals surface area contributed by atoms with Gasteiger partial charge in [0.1, 0.15) is 22.9 Å². The molecule has 0 saturated carbocycles. The first kappa shape index (κ1) is 13.8. The predicted molar refractivity (Wildman–Crippen MR) is 71.7 cm³/mol. The number of carbonyl (C=O) groups is 1. The summed E-state index contributed by atoms with van der Waals surface area (Å²) in [4.78, 5) is 12.0. The number of hydrogen-bond acceptors (Lipinski definition) is 3. The molecule has 0 aliphatic rings. The van der Waals surface area contributed by atoms with Gasteiger partial charge < -0.3 is 15.8 Å². The smallest absolute Gasteiger partial charge is 0.262 e. The number of amides is 1. The van der Waals surface area contributed by atoms with Crippen LogP contribution in [-0.4, -0.2) is 13.0 Å². The van der Waals surface area contributed by atoms with E-state index < -0.39 is 17.5 Å². The van der Waals surface area contributed by atoms with Crippen molar-refractivity contribution in [1.82, 2.24) is 0 Å². The molecular formula is C14H12F2N2O2. The van der Waals surface area contributed by atoms with Crippen molar-refractivity contribution in [2.45, 2.75) is 0 Å². The minimum Gasteiger partial charge on any atom is -0.496 e. The molecule has 2 aromatic rings. The van der Waals surface area contributed by atoms with E-state index in [-0.39, 0.29) is 22.7 Å². The van der Waals surface area contributed by atoms with Crippen molar-refractivity contribution in [1.29, 1.82) is 0 Å². The Labute approximate surface area is 114 Å². The van der Waals surface area contributed by atoms with Crippen LogP contribution in [0, 0.1) is 11.6 Å². The Bertz CT molecular complexity index is 639. The molecule has 0 spiro atoms. The molecule has 0 heterocycles. The number of nitrogens with two attached hydrogens (primary N) is 1. The van der Waals surface area contributed by atoms with Gasteiger partial charge in [0.05, 0.1) is 7.11 Å². The number of methoxy groups -OCH3 is 1. The zero-order chi connectivity index (χ0) is 14.7. The highest BCUT2D eigenvalue weighted by Gasteiger charge is 2.17. The lowest BCUT2D eigenvalue weighted by molar-refractivity contribution is 0.102. The number of nitrogens with one attached hydrogen (secondary N) is 1. The fourth-order valence-electron chi connectivity index (χ4n) is 1.77. The summed E-state index contributed by atoms with van der Waals surface area (Å²) in [7, 11) is 1.33. The van der Waals surface area contributed by atoms with Gasteiger partial charge >= 0.3 is 0 Å². The summed E-state index contributed by atoms with van der Waals surface area (Å²) in [6.07, 6.45) is 0. The van der Waals surface area contributed by atoms with Crippen LogP contribution < -0.4 is 15.8 Å². The molecule has 3 N–H and O–H groups in total. The van der Waals surface area contributed by atoms with Crippen LogP contribution in [0.5, 0.6) is 5.75 Å². The lowest BCUT2D eigenvalue weighted by Crippen LogP contribution is -2.15. The van der Waals surface area contributed by atoms with Gasteiger partial charge in [-0.2, -0.15) is 0 Å². The minimum atomic E-state index is -0.745. The minimum absolute atomic E-state index is 0.0897. The third-order valence-electron chi connectivity index (χ3n) is 2.60. The topological polar surface area (TPSA) is 64.3 Å². The van der Waals surface area contributed by atoms with Crippen LogP contribution in [0.1, 0.15) is 10.4 Å². The molecular weight excluding hydrogens is 266 g/mol. The summed E-state index contributed by atoms with van der Waals surface area (Å²) >= 11 is 0. The van der Waals surface area contributed by atoms with Crippen molar-refractivity contribution in [2.24, 2.45) is 0 Å². The van der Waals surface area contributed by atoms with E-state index in [4.69, 9.17) is 10.5 Å². The van der Waals surface area contributed by atoms with E-state index in [9.17, 15) is 13.6 Å². The molecule has 0 fully saturated rings. The van der Waals surface area contributed by atoms with Gasteiger partial charge in [-0.05, 0) is 30.3 Å². The van der Waals surface area contributed by atoms with E-state index in [1.807, 2.05) is 0 Å². The number of halogens is 2. The van der Waals surface area contributed by atoms with Crippen LogP contribution in [0.25, 0.3) is 0 Å². The maximum Gasteiger partial charge on any atom is 0.262 e. The maximum absolute atomic E-state index is 13.7. The van der Waals surface area contributed by atoms with Crippen molar-refractivity contribution in [3.05, 3.63) is 53.6 Å². The zero-order valence-corrected chi connectivity index (χ0v) is 10.6. The number of nitrogen functional groups attached to an aromatic ring is 1. The van der Waals surface area contributed by atoms with E-state index in [2.05, 4.69) is 5.32 Å². The molecule has 2 aromatic carbocycles. The van der Waals surface area contributed by atoms with Crippen molar-refractivity contribution < 1.29 is 18.3 Å². The first-order valence-electron chi connectivity index (χ1n) is 5.71. The normalized spacial score (nSPS) is 10.2. The highest BCUT2D eigenvalue weighted by molar-refractivity contribution is 6.06. The molecule has 0 atom stereocenters. The van der Waals surface area contributed by atoms with Crippen LogP contribution in [0.2, 0.25) is 0 Å². The van der Waals surface area contributed by atoms with E-state index in [1.165, 1.54) is 25.3 Å². The number of carbonyl (C=O) groups excluding carboxylic acids is 1.